The van der Waals surface area contributed by atoms with Crippen molar-refractivity contribution in [2.75, 3.05) is 11.9 Å². The van der Waals surface area contributed by atoms with Crippen LogP contribution in [-0.2, 0) is 0 Å². The summed E-state index contributed by atoms with van der Waals surface area (Å²) in [4.78, 5) is 9.86. The van der Waals surface area contributed by atoms with Crippen LogP contribution in [0.25, 0.3) is 0 Å². The van der Waals surface area contributed by atoms with Crippen molar-refractivity contribution in [3.8, 4) is 6.07 Å². The summed E-state index contributed by atoms with van der Waals surface area (Å²) in [5.74, 6) is 0.992. The van der Waals surface area contributed by atoms with Gasteiger partial charge in [0.05, 0.1) is 0 Å². The maximum Gasteiger partial charge on any atom is 0.234 e. The van der Waals surface area contributed by atoms with E-state index in [1.807, 2.05) is 18.0 Å². The molecule has 4 nitrogen and oxygen atoms in total. The van der Waals surface area contributed by atoms with Crippen LogP contribution in [0.15, 0.2) is 12.3 Å². The molecule has 0 bridgehead atoms. The average Bonchev–Trinajstić information content (AvgIpc) is 2.16. The van der Waals surface area contributed by atoms with Crippen LogP contribution in [0, 0.1) is 11.3 Å². The van der Waals surface area contributed by atoms with E-state index in [2.05, 4.69) is 23.8 Å². The predicted molar refractivity (Wildman–Crippen MR) is 50.3 cm³/mol. The molecule has 1 rings (SSSR count). The predicted octanol–water partition coefficient (Wildman–Crippen LogP) is 1.19. The summed E-state index contributed by atoms with van der Waals surface area (Å²) in [6.07, 6.45) is 1.60. The molecule has 0 atom stereocenters. The number of anilines is 1. The molecule has 0 spiro atoms. The van der Waals surface area contributed by atoms with Gasteiger partial charge < -0.3 is 4.90 Å². The molecule has 0 amide bonds. The van der Waals surface area contributed by atoms with Gasteiger partial charge in [-0.15, -0.1) is 0 Å². The summed E-state index contributed by atoms with van der Waals surface area (Å²) in [6.45, 7) is 4.13. The van der Waals surface area contributed by atoms with E-state index < -0.39 is 0 Å². The minimum atomic E-state index is 0.213. The van der Waals surface area contributed by atoms with Crippen LogP contribution in [0.2, 0.25) is 0 Å². The summed E-state index contributed by atoms with van der Waals surface area (Å²) < 4.78 is 0. The minimum absolute atomic E-state index is 0.213. The van der Waals surface area contributed by atoms with Gasteiger partial charge in [0.15, 0.2) is 0 Å². The molecule has 0 saturated carbocycles. The van der Waals surface area contributed by atoms with Crippen LogP contribution in [0.1, 0.15) is 19.7 Å². The van der Waals surface area contributed by atoms with Gasteiger partial charge in [-0.1, -0.05) is 0 Å². The van der Waals surface area contributed by atoms with E-state index in [1.165, 1.54) is 0 Å². The molecule has 0 N–H and O–H groups in total. The summed E-state index contributed by atoms with van der Waals surface area (Å²) in [5, 5.41) is 8.59. The first-order chi connectivity index (χ1) is 6.15. The fourth-order valence-corrected chi connectivity index (χ4v) is 0.864. The zero-order valence-corrected chi connectivity index (χ0v) is 8.02. The number of hydrogen-bond acceptors (Lipinski definition) is 4. The Labute approximate surface area is 77.8 Å². The molecule has 0 aliphatic rings. The Hall–Kier alpha value is -1.63. The largest absolute Gasteiger partial charge is 0.357 e. The van der Waals surface area contributed by atoms with Crippen LogP contribution >= 0.6 is 0 Å². The van der Waals surface area contributed by atoms with E-state index >= 15 is 0 Å². The Morgan fingerprint density at radius 3 is 2.77 bits per heavy atom. The zero-order valence-electron chi connectivity index (χ0n) is 8.02. The van der Waals surface area contributed by atoms with Gasteiger partial charge in [-0.3, -0.25) is 0 Å². The molecule has 4 heteroatoms. The Morgan fingerprint density at radius 2 is 2.23 bits per heavy atom. The quantitative estimate of drug-likeness (QED) is 0.679. The molecule has 1 aromatic rings. The number of rotatable bonds is 2. The molecule has 0 aliphatic carbocycles. The maximum absolute atomic E-state index is 8.59. The third kappa shape index (κ3) is 2.15. The highest BCUT2D eigenvalue weighted by molar-refractivity contribution is 5.38. The SMILES string of the molecule is CC(C)N(C)c1ccnc(C#N)n1. The first kappa shape index (κ1) is 9.46. The Balaban J connectivity index is 2.96. The van der Waals surface area contributed by atoms with E-state index in [-0.39, 0.29) is 5.82 Å². The minimum Gasteiger partial charge on any atom is -0.357 e. The van der Waals surface area contributed by atoms with Crippen molar-refractivity contribution in [3.63, 3.8) is 0 Å². The highest BCUT2D eigenvalue weighted by Gasteiger charge is 2.06. The topological polar surface area (TPSA) is 52.8 Å². The molecule has 0 radical (unpaired) electrons. The number of nitriles is 1. The summed E-state index contributed by atoms with van der Waals surface area (Å²) in [5.41, 5.74) is 0. The van der Waals surface area contributed by atoms with Crippen LogP contribution in [0.4, 0.5) is 5.82 Å². The van der Waals surface area contributed by atoms with Crippen molar-refractivity contribution >= 4 is 5.82 Å². The zero-order chi connectivity index (χ0) is 9.84. The lowest BCUT2D eigenvalue weighted by molar-refractivity contribution is 0.740. The highest BCUT2D eigenvalue weighted by Crippen LogP contribution is 2.10. The lowest BCUT2D eigenvalue weighted by Crippen LogP contribution is -2.26. The van der Waals surface area contributed by atoms with Crippen molar-refractivity contribution in [1.82, 2.24) is 9.97 Å². The van der Waals surface area contributed by atoms with Gasteiger partial charge in [-0.25, -0.2) is 9.97 Å². The standard InChI is InChI=1S/C9H12N4/c1-7(2)13(3)9-4-5-11-8(6-10)12-9/h4-5,7H,1-3H3. The van der Waals surface area contributed by atoms with Gasteiger partial charge in [-0.05, 0) is 19.9 Å². The van der Waals surface area contributed by atoms with Crippen LogP contribution in [0.5, 0.6) is 0 Å². The van der Waals surface area contributed by atoms with Crippen molar-refractivity contribution in [2.24, 2.45) is 0 Å². The molecule has 68 valence electrons. The normalized spacial score (nSPS) is 9.77. The Morgan fingerprint density at radius 1 is 1.54 bits per heavy atom. The molecule has 0 saturated heterocycles. The first-order valence-electron chi connectivity index (χ1n) is 4.11. The fourth-order valence-electron chi connectivity index (χ4n) is 0.864. The third-order valence-corrected chi connectivity index (χ3v) is 1.88. The molecule has 0 unspecified atom stereocenters. The lowest BCUT2D eigenvalue weighted by atomic mass is 10.3. The number of nitrogens with zero attached hydrogens (tertiary/aromatic N) is 4. The molecular weight excluding hydrogens is 164 g/mol. The van der Waals surface area contributed by atoms with Crippen molar-refractivity contribution in [3.05, 3.63) is 18.1 Å². The van der Waals surface area contributed by atoms with Crippen LogP contribution in [-0.4, -0.2) is 23.1 Å². The monoisotopic (exact) mass is 176 g/mol. The van der Waals surface area contributed by atoms with Gasteiger partial charge in [0.2, 0.25) is 5.82 Å². The molecule has 13 heavy (non-hydrogen) atoms. The van der Waals surface area contributed by atoms with Crippen molar-refractivity contribution in [1.29, 1.82) is 5.26 Å². The van der Waals surface area contributed by atoms with E-state index in [4.69, 9.17) is 5.26 Å². The number of aromatic nitrogens is 2. The van der Waals surface area contributed by atoms with E-state index in [0.717, 1.165) is 5.82 Å². The summed E-state index contributed by atoms with van der Waals surface area (Å²) in [6, 6.07) is 4.07. The second kappa shape index (κ2) is 3.85. The van der Waals surface area contributed by atoms with Gasteiger partial charge in [0.25, 0.3) is 0 Å². The summed E-state index contributed by atoms with van der Waals surface area (Å²) >= 11 is 0. The van der Waals surface area contributed by atoms with Gasteiger partial charge in [-0.2, -0.15) is 5.26 Å². The highest BCUT2D eigenvalue weighted by atomic mass is 15.2. The Kier molecular flexibility index (Phi) is 2.80. The second-order valence-corrected chi connectivity index (χ2v) is 3.05. The molecule has 1 heterocycles. The molecule has 1 aromatic heterocycles. The summed E-state index contributed by atoms with van der Waals surface area (Å²) in [7, 11) is 1.94. The van der Waals surface area contributed by atoms with Crippen molar-refractivity contribution in [2.45, 2.75) is 19.9 Å². The lowest BCUT2D eigenvalue weighted by Gasteiger charge is -2.21. The average molecular weight is 176 g/mol. The van der Waals surface area contributed by atoms with Crippen LogP contribution < -0.4 is 4.90 Å². The fraction of sp³-hybridized carbons (Fsp3) is 0.444. The smallest absolute Gasteiger partial charge is 0.234 e. The molecule has 0 fully saturated rings. The van der Waals surface area contributed by atoms with E-state index in [9.17, 15) is 0 Å². The van der Waals surface area contributed by atoms with Crippen molar-refractivity contribution < 1.29 is 0 Å². The first-order valence-corrected chi connectivity index (χ1v) is 4.11. The Bertz CT molecular complexity index is 327. The maximum atomic E-state index is 8.59. The number of hydrogen-bond donors (Lipinski definition) is 0. The van der Waals surface area contributed by atoms with Gasteiger partial charge in [0, 0.05) is 19.3 Å². The molecular formula is C9H12N4. The van der Waals surface area contributed by atoms with E-state index in [1.54, 1.807) is 12.3 Å². The third-order valence-electron chi connectivity index (χ3n) is 1.88. The van der Waals surface area contributed by atoms with Gasteiger partial charge >= 0.3 is 0 Å². The van der Waals surface area contributed by atoms with E-state index in [0.29, 0.717) is 6.04 Å². The molecule has 0 aromatic carbocycles. The molecule has 0 aliphatic heterocycles. The van der Waals surface area contributed by atoms with Crippen LogP contribution in [0.3, 0.4) is 0 Å². The van der Waals surface area contributed by atoms with Gasteiger partial charge in [0.1, 0.15) is 11.9 Å². The second-order valence-electron chi connectivity index (χ2n) is 3.05.